The van der Waals surface area contributed by atoms with E-state index in [0.29, 0.717) is 12.2 Å². The van der Waals surface area contributed by atoms with Gasteiger partial charge in [-0.25, -0.2) is 18.7 Å². The van der Waals surface area contributed by atoms with Crippen LogP contribution in [0.1, 0.15) is 24.0 Å². The molecular weight excluding hydrogens is 240 g/mol. The van der Waals surface area contributed by atoms with Crippen LogP contribution in [0.3, 0.4) is 0 Å². The molecule has 0 saturated heterocycles. The Kier molecular flexibility index (Phi) is 6.67. The second-order valence-corrected chi connectivity index (χ2v) is 3.89. The summed E-state index contributed by atoms with van der Waals surface area (Å²) in [6.07, 6.45) is -0.196. The van der Waals surface area contributed by atoms with Crippen LogP contribution in [0.2, 0.25) is 0 Å². The molecule has 0 aliphatic heterocycles. The molecule has 18 heavy (non-hydrogen) atoms. The van der Waals surface area contributed by atoms with E-state index in [2.05, 4.69) is 15.3 Å². The molecule has 4 nitrogen and oxygen atoms in total. The topological polar surface area (TPSA) is 47.0 Å². The molecule has 0 spiro atoms. The number of alkyl halides is 2. The van der Waals surface area contributed by atoms with Gasteiger partial charge >= 0.3 is 0 Å². The van der Waals surface area contributed by atoms with Gasteiger partial charge in [0.25, 0.3) is 6.43 Å². The van der Waals surface area contributed by atoms with Crippen LogP contribution in [0.4, 0.5) is 8.78 Å². The minimum Gasteiger partial charge on any atom is -0.375 e. The Morgan fingerprint density at radius 2 is 2.22 bits per heavy atom. The third-order valence-electron chi connectivity index (χ3n) is 2.41. The summed E-state index contributed by atoms with van der Waals surface area (Å²) in [5, 5.41) is 3.20. The maximum Gasteiger partial charge on any atom is 0.261 e. The van der Waals surface area contributed by atoms with Gasteiger partial charge in [0, 0.05) is 30.4 Å². The summed E-state index contributed by atoms with van der Waals surface area (Å²) in [6, 6.07) is 0. The second-order valence-electron chi connectivity index (χ2n) is 3.89. The summed E-state index contributed by atoms with van der Waals surface area (Å²) < 4.78 is 28.5. The van der Waals surface area contributed by atoms with E-state index in [-0.39, 0.29) is 6.61 Å². The molecule has 0 atom stereocenters. The van der Waals surface area contributed by atoms with Crippen molar-refractivity contribution in [3.63, 3.8) is 0 Å². The molecule has 0 saturated carbocycles. The smallest absolute Gasteiger partial charge is 0.261 e. The fraction of sp³-hybridized carbons (Fsp3) is 0.667. The molecule has 0 radical (unpaired) electrons. The highest BCUT2D eigenvalue weighted by Crippen LogP contribution is 2.04. The minimum absolute atomic E-state index is 0.219. The van der Waals surface area contributed by atoms with E-state index < -0.39 is 13.0 Å². The van der Waals surface area contributed by atoms with Gasteiger partial charge in [0.05, 0.1) is 6.61 Å². The SMILES string of the molecule is CCNCc1cnc(CCOCC(F)F)nc1C. The quantitative estimate of drug-likeness (QED) is 0.722. The van der Waals surface area contributed by atoms with Gasteiger partial charge in [0.1, 0.15) is 12.4 Å². The molecule has 0 fully saturated rings. The molecule has 6 heteroatoms. The molecular formula is C12H19F2N3O. The van der Waals surface area contributed by atoms with E-state index in [0.717, 1.165) is 24.3 Å². The molecule has 0 unspecified atom stereocenters. The Bertz CT molecular complexity index is 361. The summed E-state index contributed by atoms with van der Waals surface area (Å²) in [5.41, 5.74) is 1.96. The van der Waals surface area contributed by atoms with Crippen LogP contribution in [0, 0.1) is 6.92 Å². The van der Waals surface area contributed by atoms with Crippen LogP contribution in [-0.2, 0) is 17.7 Å². The normalized spacial score (nSPS) is 11.2. The van der Waals surface area contributed by atoms with E-state index in [4.69, 9.17) is 4.74 Å². The minimum atomic E-state index is -2.42. The molecule has 0 aliphatic rings. The number of halogens is 2. The fourth-order valence-electron chi connectivity index (χ4n) is 1.43. The van der Waals surface area contributed by atoms with Gasteiger partial charge in [-0.15, -0.1) is 0 Å². The standard InChI is InChI=1S/C12H19F2N3O/c1-3-15-6-10-7-16-12(17-9(10)2)4-5-18-8-11(13)14/h7,11,15H,3-6,8H2,1-2H3. The van der Waals surface area contributed by atoms with Crippen molar-refractivity contribution in [2.24, 2.45) is 0 Å². The highest BCUT2D eigenvalue weighted by Gasteiger charge is 2.05. The van der Waals surface area contributed by atoms with E-state index in [1.54, 1.807) is 6.20 Å². The lowest BCUT2D eigenvalue weighted by Crippen LogP contribution is -2.15. The van der Waals surface area contributed by atoms with Gasteiger partial charge in [0.2, 0.25) is 0 Å². The number of hydrogen-bond donors (Lipinski definition) is 1. The third kappa shape index (κ3) is 5.46. The van der Waals surface area contributed by atoms with Gasteiger partial charge in [-0.1, -0.05) is 6.92 Å². The second kappa shape index (κ2) is 8.05. The van der Waals surface area contributed by atoms with Crippen LogP contribution < -0.4 is 5.32 Å². The molecule has 1 heterocycles. The highest BCUT2D eigenvalue weighted by molar-refractivity contribution is 5.15. The average Bonchev–Trinajstić information content (AvgIpc) is 2.33. The van der Waals surface area contributed by atoms with Crippen molar-refractivity contribution in [1.29, 1.82) is 0 Å². The summed E-state index contributed by atoms with van der Waals surface area (Å²) in [6.45, 7) is 5.27. The molecule has 1 aromatic rings. The highest BCUT2D eigenvalue weighted by atomic mass is 19.3. The summed E-state index contributed by atoms with van der Waals surface area (Å²) >= 11 is 0. The van der Waals surface area contributed by atoms with Crippen molar-refractivity contribution in [3.8, 4) is 0 Å². The zero-order chi connectivity index (χ0) is 13.4. The Hall–Kier alpha value is -1.14. The van der Waals surface area contributed by atoms with Crippen molar-refractivity contribution >= 4 is 0 Å². The lowest BCUT2D eigenvalue weighted by atomic mass is 10.2. The number of rotatable bonds is 8. The van der Waals surface area contributed by atoms with Gasteiger partial charge in [-0.05, 0) is 13.5 Å². The Balaban J connectivity index is 2.41. The number of ether oxygens (including phenoxy) is 1. The molecule has 0 aromatic carbocycles. The van der Waals surface area contributed by atoms with Crippen molar-refractivity contribution in [2.45, 2.75) is 33.2 Å². The van der Waals surface area contributed by atoms with E-state index in [1.807, 2.05) is 13.8 Å². The predicted molar refractivity (Wildman–Crippen MR) is 64.7 cm³/mol. The van der Waals surface area contributed by atoms with Gasteiger partial charge in [0.15, 0.2) is 0 Å². The number of nitrogens with zero attached hydrogens (tertiary/aromatic N) is 2. The number of aryl methyl sites for hydroxylation is 1. The number of nitrogens with one attached hydrogen (secondary N) is 1. The van der Waals surface area contributed by atoms with Crippen molar-refractivity contribution in [3.05, 3.63) is 23.3 Å². The first-order valence-corrected chi connectivity index (χ1v) is 6.01. The summed E-state index contributed by atoms with van der Waals surface area (Å²) in [5.74, 6) is 0.627. The average molecular weight is 259 g/mol. The first kappa shape index (κ1) is 14.9. The van der Waals surface area contributed by atoms with Crippen molar-refractivity contribution in [1.82, 2.24) is 15.3 Å². The molecule has 0 bridgehead atoms. The zero-order valence-electron chi connectivity index (χ0n) is 10.7. The third-order valence-corrected chi connectivity index (χ3v) is 2.41. The van der Waals surface area contributed by atoms with Gasteiger partial charge in [-0.3, -0.25) is 0 Å². The fourth-order valence-corrected chi connectivity index (χ4v) is 1.43. The van der Waals surface area contributed by atoms with Crippen LogP contribution in [0.25, 0.3) is 0 Å². The molecule has 102 valence electrons. The number of aromatic nitrogens is 2. The Labute approximate surface area is 106 Å². The number of hydrogen-bond acceptors (Lipinski definition) is 4. The van der Waals surface area contributed by atoms with E-state index >= 15 is 0 Å². The summed E-state index contributed by atoms with van der Waals surface area (Å²) in [4.78, 5) is 8.51. The van der Waals surface area contributed by atoms with Crippen LogP contribution in [0.5, 0.6) is 0 Å². The Morgan fingerprint density at radius 1 is 1.44 bits per heavy atom. The predicted octanol–water partition coefficient (Wildman–Crippen LogP) is 1.72. The summed E-state index contributed by atoms with van der Waals surface area (Å²) in [7, 11) is 0. The first-order valence-electron chi connectivity index (χ1n) is 6.01. The van der Waals surface area contributed by atoms with Crippen molar-refractivity contribution < 1.29 is 13.5 Å². The molecule has 0 aliphatic carbocycles. The molecule has 1 aromatic heterocycles. The van der Waals surface area contributed by atoms with Crippen LogP contribution >= 0.6 is 0 Å². The van der Waals surface area contributed by atoms with E-state index in [9.17, 15) is 8.78 Å². The largest absolute Gasteiger partial charge is 0.375 e. The Morgan fingerprint density at radius 3 is 2.83 bits per heavy atom. The van der Waals surface area contributed by atoms with Crippen molar-refractivity contribution in [2.75, 3.05) is 19.8 Å². The van der Waals surface area contributed by atoms with Gasteiger partial charge < -0.3 is 10.1 Å². The molecule has 1 rings (SSSR count). The molecule has 0 amide bonds. The first-order chi connectivity index (χ1) is 8.63. The monoisotopic (exact) mass is 259 g/mol. The van der Waals surface area contributed by atoms with E-state index in [1.165, 1.54) is 0 Å². The van der Waals surface area contributed by atoms with Crippen LogP contribution in [-0.4, -0.2) is 36.2 Å². The maximum atomic E-state index is 11.8. The van der Waals surface area contributed by atoms with Crippen LogP contribution in [0.15, 0.2) is 6.20 Å². The lowest BCUT2D eigenvalue weighted by molar-refractivity contribution is 0.0182. The maximum absolute atomic E-state index is 11.8. The zero-order valence-corrected chi connectivity index (χ0v) is 10.7. The molecule has 1 N–H and O–H groups in total. The lowest BCUT2D eigenvalue weighted by Gasteiger charge is -2.07. The van der Waals surface area contributed by atoms with Gasteiger partial charge in [-0.2, -0.15) is 0 Å².